The predicted octanol–water partition coefficient (Wildman–Crippen LogP) is 2.72. The molecular weight excluding hydrogens is 294 g/mol. The molecule has 2 aromatic rings. The Kier molecular flexibility index (Phi) is 5.11. The van der Waals surface area contributed by atoms with Crippen molar-refractivity contribution in [2.45, 2.75) is 0 Å². The van der Waals surface area contributed by atoms with Crippen molar-refractivity contribution in [2.24, 2.45) is 0 Å². The van der Waals surface area contributed by atoms with Gasteiger partial charge >= 0.3 is 0 Å². The zero-order valence-electron chi connectivity index (χ0n) is 12.8. The first-order valence-corrected chi connectivity index (χ1v) is 7.62. The average Bonchev–Trinajstić information content (AvgIpc) is 2.62. The van der Waals surface area contributed by atoms with Gasteiger partial charge in [-0.15, -0.1) is 0 Å². The Labute approximate surface area is 135 Å². The number of carbonyl (C=O) groups excluding carboxylic acids is 1. The van der Waals surface area contributed by atoms with Gasteiger partial charge in [-0.3, -0.25) is 4.79 Å². The molecule has 1 saturated heterocycles. The summed E-state index contributed by atoms with van der Waals surface area (Å²) in [4.78, 5) is 13.8. The average molecular weight is 313 g/mol. The van der Waals surface area contributed by atoms with Crippen LogP contribution in [0.25, 0.3) is 0 Å². The van der Waals surface area contributed by atoms with Crippen LogP contribution in [0.2, 0.25) is 0 Å². The largest absolute Gasteiger partial charge is 0.484 e. The number of amides is 1. The van der Waals surface area contributed by atoms with Crippen LogP contribution in [0.15, 0.2) is 54.6 Å². The van der Waals surface area contributed by atoms with Gasteiger partial charge in [0.05, 0.1) is 13.2 Å². The summed E-state index contributed by atoms with van der Waals surface area (Å²) in [6.07, 6.45) is 0. The third-order valence-corrected chi connectivity index (χ3v) is 3.53. The van der Waals surface area contributed by atoms with Gasteiger partial charge in [-0.2, -0.15) is 0 Å². The minimum Gasteiger partial charge on any atom is -0.484 e. The molecule has 0 spiro atoms. The number of benzene rings is 2. The van der Waals surface area contributed by atoms with E-state index in [0.717, 1.165) is 11.5 Å². The maximum atomic E-state index is 12.0. The molecule has 1 amide bonds. The topological polar surface area (TPSA) is 48.0 Å². The first kappa shape index (κ1) is 15.4. The highest BCUT2D eigenvalue weighted by molar-refractivity contribution is 5.77. The van der Waals surface area contributed by atoms with E-state index < -0.39 is 0 Å². The van der Waals surface area contributed by atoms with Crippen LogP contribution < -0.4 is 9.47 Å². The molecule has 2 aromatic carbocycles. The van der Waals surface area contributed by atoms with Gasteiger partial charge in [-0.05, 0) is 36.4 Å². The van der Waals surface area contributed by atoms with Crippen LogP contribution in [0.5, 0.6) is 17.2 Å². The summed E-state index contributed by atoms with van der Waals surface area (Å²) in [5.41, 5.74) is 0. The Hall–Kier alpha value is -2.53. The molecule has 0 unspecified atom stereocenters. The zero-order valence-corrected chi connectivity index (χ0v) is 12.8. The lowest BCUT2D eigenvalue weighted by Gasteiger charge is -2.26. The van der Waals surface area contributed by atoms with Gasteiger partial charge < -0.3 is 19.1 Å². The molecule has 0 aliphatic carbocycles. The van der Waals surface area contributed by atoms with Gasteiger partial charge in [-0.25, -0.2) is 0 Å². The second-order valence-electron chi connectivity index (χ2n) is 5.17. The van der Waals surface area contributed by atoms with Crippen molar-refractivity contribution in [3.05, 3.63) is 54.6 Å². The molecule has 5 nitrogen and oxygen atoms in total. The second-order valence-corrected chi connectivity index (χ2v) is 5.17. The van der Waals surface area contributed by atoms with Gasteiger partial charge in [0, 0.05) is 13.1 Å². The highest BCUT2D eigenvalue weighted by Crippen LogP contribution is 2.23. The highest BCUT2D eigenvalue weighted by atomic mass is 16.5. The van der Waals surface area contributed by atoms with E-state index in [0.29, 0.717) is 32.1 Å². The van der Waals surface area contributed by atoms with E-state index in [4.69, 9.17) is 14.2 Å². The zero-order chi connectivity index (χ0) is 15.9. The number of hydrogen-bond acceptors (Lipinski definition) is 4. The Morgan fingerprint density at radius 2 is 1.52 bits per heavy atom. The molecule has 1 aliphatic heterocycles. The molecule has 0 N–H and O–H groups in total. The highest BCUT2D eigenvalue weighted by Gasteiger charge is 2.17. The molecular formula is C18H19NO4. The quantitative estimate of drug-likeness (QED) is 0.851. The van der Waals surface area contributed by atoms with Crippen molar-refractivity contribution in [1.82, 2.24) is 4.90 Å². The fourth-order valence-electron chi connectivity index (χ4n) is 2.28. The van der Waals surface area contributed by atoms with E-state index in [1.165, 1.54) is 0 Å². The van der Waals surface area contributed by atoms with Gasteiger partial charge in [0.2, 0.25) is 0 Å². The predicted molar refractivity (Wildman–Crippen MR) is 85.9 cm³/mol. The van der Waals surface area contributed by atoms with Crippen molar-refractivity contribution >= 4 is 5.91 Å². The van der Waals surface area contributed by atoms with Crippen LogP contribution >= 0.6 is 0 Å². The molecule has 120 valence electrons. The van der Waals surface area contributed by atoms with E-state index >= 15 is 0 Å². The maximum absolute atomic E-state index is 12.0. The standard InChI is InChI=1S/C18H19NO4/c20-18(19-10-12-21-13-11-19)14-22-15-6-8-17(9-7-15)23-16-4-2-1-3-5-16/h1-9H,10-14H2. The minimum atomic E-state index is -0.0158. The van der Waals surface area contributed by atoms with E-state index in [1.54, 1.807) is 17.0 Å². The molecule has 1 fully saturated rings. The Bertz CT molecular complexity index is 621. The van der Waals surface area contributed by atoms with Gasteiger partial charge in [0.1, 0.15) is 17.2 Å². The normalized spacial score (nSPS) is 14.3. The molecule has 0 saturated carbocycles. The summed E-state index contributed by atoms with van der Waals surface area (Å²) in [7, 11) is 0. The lowest BCUT2D eigenvalue weighted by molar-refractivity contribution is -0.137. The number of para-hydroxylation sites is 1. The summed E-state index contributed by atoms with van der Waals surface area (Å²) in [5, 5.41) is 0. The molecule has 5 heteroatoms. The number of nitrogens with zero attached hydrogens (tertiary/aromatic N) is 1. The number of morpholine rings is 1. The number of rotatable bonds is 5. The van der Waals surface area contributed by atoms with Crippen molar-refractivity contribution in [2.75, 3.05) is 32.9 Å². The summed E-state index contributed by atoms with van der Waals surface area (Å²) in [6.45, 7) is 2.49. The molecule has 0 bridgehead atoms. The SMILES string of the molecule is O=C(COc1ccc(Oc2ccccc2)cc1)N1CCOCC1. The first-order chi connectivity index (χ1) is 11.3. The van der Waals surface area contributed by atoms with Crippen LogP contribution in [0, 0.1) is 0 Å². The number of ether oxygens (including phenoxy) is 3. The van der Waals surface area contributed by atoms with E-state index in [1.807, 2.05) is 42.5 Å². The van der Waals surface area contributed by atoms with Crippen LogP contribution in [0.1, 0.15) is 0 Å². The van der Waals surface area contributed by atoms with Gasteiger partial charge in [0.25, 0.3) is 5.91 Å². The van der Waals surface area contributed by atoms with Crippen molar-refractivity contribution in [3.63, 3.8) is 0 Å². The third-order valence-electron chi connectivity index (χ3n) is 3.53. The summed E-state index contributed by atoms with van der Waals surface area (Å²) < 4.78 is 16.5. The summed E-state index contributed by atoms with van der Waals surface area (Å²) in [5.74, 6) is 2.14. The Balaban J connectivity index is 1.50. The summed E-state index contributed by atoms with van der Waals surface area (Å²) in [6, 6.07) is 16.8. The minimum absolute atomic E-state index is 0.0158. The molecule has 3 rings (SSSR count). The maximum Gasteiger partial charge on any atom is 0.260 e. The smallest absolute Gasteiger partial charge is 0.260 e. The van der Waals surface area contributed by atoms with Gasteiger partial charge in [-0.1, -0.05) is 18.2 Å². The fraction of sp³-hybridized carbons (Fsp3) is 0.278. The van der Waals surface area contributed by atoms with Crippen molar-refractivity contribution in [3.8, 4) is 17.2 Å². The molecule has 1 aliphatic rings. The second kappa shape index (κ2) is 7.65. The molecule has 0 aromatic heterocycles. The van der Waals surface area contributed by atoms with Crippen LogP contribution in [-0.4, -0.2) is 43.7 Å². The van der Waals surface area contributed by atoms with E-state index in [9.17, 15) is 4.79 Å². The lowest BCUT2D eigenvalue weighted by atomic mass is 10.3. The fourth-order valence-corrected chi connectivity index (χ4v) is 2.28. The summed E-state index contributed by atoms with van der Waals surface area (Å²) >= 11 is 0. The number of hydrogen-bond donors (Lipinski definition) is 0. The molecule has 0 radical (unpaired) electrons. The Morgan fingerprint density at radius 3 is 2.22 bits per heavy atom. The monoisotopic (exact) mass is 313 g/mol. The van der Waals surface area contributed by atoms with Crippen LogP contribution in [0.3, 0.4) is 0 Å². The molecule has 0 atom stereocenters. The van der Waals surface area contributed by atoms with E-state index in [-0.39, 0.29) is 12.5 Å². The van der Waals surface area contributed by atoms with Crippen LogP contribution in [0.4, 0.5) is 0 Å². The Morgan fingerprint density at radius 1 is 0.913 bits per heavy atom. The van der Waals surface area contributed by atoms with Crippen LogP contribution in [-0.2, 0) is 9.53 Å². The number of carbonyl (C=O) groups is 1. The first-order valence-electron chi connectivity index (χ1n) is 7.62. The lowest BCUT2D eigenvalue weighted by Crippen LogP contribution is -2.42. The van der Waals surface area contributed by atoms with Gasteiger partial charge in [0.15, 0.2) is 6.61 Å². The third kappa shape index (κ3) is 4.47. The van der Waals surface area contributed by atoms with Crippen molar-refractivity contribution < 1.29 is 19.0 Å². The molecule has 1 heterocycles. The molecule has 23 heavy (non-hydrogen) atoms. The van der Waals surface area contributed by atoms with E-state index in [2.05, 4.69) is 0 Å². The van der Waals surface area contributed by atoms with Crippen molar-refractivity contribution in [1.29, 1.82) is 0 Å².